The number of amides is 1. The van der Waals surface area contributed by atoms with Crippen LogP contribution in [-0.4, -0.2) is 24.0 Å². The molecule has 24 heavy (non-hydrogen) atoms. The van der Waals surface area contributed by atoms with E-state index in [-0.39, 0.29) is 17.6 Å². The van der Waals surface area contributed by atoms with Gasteiger partial charge in [-0.1, -0.05) is 23.5 Å². The molecule has 1 aliphatic heterocycles. The van der Waals surface area contributed by atoms with Crippen LogP contribution in [0.2, 0.25) is 0 Å². The second kappa shape index (κ2) is 5.87. The Morgan fingerprint density at radius 2 is 2.12 bits per heavy atom. The lowest BCUT2D eigenvalue weighted by Gasteiger charge is -2.37. The first-order valence-electron chi connectivity index (χ1n) is 7.77. The highest BCUT2D eigenvalue weighted by molar-refractivity contribution is 7.22. The number of hydrogen-bond acceptors (Lipinski definition) is 4. The lowest BCUT2D eigenvalue weighted by Crippen LogP contribution is -2.52. The van der Waals surface area contributed by atoms with Crippen molar-refractivity contribution in [2.24, 2.45) is 5.92 Å². The normalized spacial score (nSPS) is 14.7. The predicted molar refractivity (Wildman–Crippen MR) is 95.1 cm³/mol. The lowest BCUT2D eigenvalue weighted by atomic mass is 10.00. The molecular formula is C18H16FN3OS. The molecule has 0 spiro atoms. The Balaban J connectivity index is 1.40. The second-order valence-electron chi connectivity index (χ2n) is 6.07. The molecule has 4 rings (SSSR count). The minimum atomic E-state index is -0.253. The van der Waals surface area contributed by atoms with Crippen LogP contribution in [0.5, 0.6) is 0 Å². The van der Waals surface area contributed by atoms with Crippen LogP contribution in [0, 0.1) is 18.7 Å². The fourth-order valence-electron chi connectivity index (χ4n) is 2.79. The first kappa shape index (κ1) is 15.1. The van der Waals surface area contributed by atoms with Crippen LogP contribution in [0.1, 0.15) is 5.56 Å². The molecule has 0 aliphatic carbocycles. The number of thiazole rings is 1. The van der Waals surface area contributed by atoms with Gasteiger partial charge in [0, 0.05) is 18.8 Å². The summed E-state index contributed by atoms with van der Waals surface area (Å²) in [5, 5.41) is 3.80. The Labute approximate surface area is 142 Å². The van der Waals surface area contributed by atoms with E-state index in [4.69, 9.17) is 0 Å². The number of aromatic nitrogens is 1. The summed E-state index contributed by atoms with van der Waals surface area (Å²) in [6, 6.07) is 12.4. The first-order valence-corrected chi connectivity index (χ1v) is 8.59. The number of aryl methyl sites for hydroxylation is 1. The molecule has 1 amide bonds. The van der Waals surface area contributed by atoms with Crippen molar-refractivity contribution in [2.75, 3.05) is 23.3 Å². The smallest absolute Gasteiger partial charge is 0.231 e. The third kappa shape index (κ3) is 2.85. The minimum Gasteiger partial charge on any atom is -0.346 e. The molecule has 1 aromatic heterocycles. The van der Waals surface area contributed by atoms with Crippen LogP contribution in [0.4, 0.5) is 15.2 Å². The molecule has 1 N–H and O–H groups in total. The third-order valence-electron chi connectivity index (χ3n) is 4.15. The molecule has 3 aromatic rings. The largest absolute Gasteiger partial charge is 0.346 e. The average molecular weight is 341 g/mol. The number of carbonyl (C=O) groups is 1. The van der Waals surface area contributed by atoms with Crippen LogP contribution in [0.15, 0.2) is 42.5 Å². The maximum Gasteiger partial charge on any atom is 0.231 e. The molecule has 1 fully saturated rings. The van der Waals surface area contributed by atoms with Gasteiger partial charge in [-0.3, -0.25) is 4.79 Å². The van der Waals surface area contributed by atoms with Crippen LogP contribution in [0.3, 0.4) is 0 Å². The number of nitrogens with zero attached hydrogens (tertiary/aromatic N) is 2. The summed E-state index contributed by atoms with van der Waals surface area (Å²) in [4.78, 5) is 18.9. The Hall–Kier alpha value is -2.47. The second-order valence-corrected chi connectivity index (χ2v) is 7.08. The van der Waals surface area contributed by atoms with Crippen LogP contribution in [-0.2, 0) is 4.79 Å². The van der Waals surface area contributed by atoms with Gasteiger partial charge >= 0.3 is 0 Å². The van der Waals surface area contributed by atoms with Crippen molar-refractivity contribution >= 4 is 38.3 Å². The summed E-state index contributed by atoms with van der Waals surface area (Å²) in [5.74, 6) is -0.269. The number of fused-ring (bicyclic) bond motifs is 1. The topological polar surface area (TPSA) is 45.2 Å². The van der Waals surface area contributed by atoms with Crippen molar-refractivity contribution < 1.29 is 9.18 Å². The Morgan fingerprint density at radius 3 is 2.92 bits per heavy atom. The van der Waals surface area contributed by atoms with Crippen LogP contribution in [0.25, 0.3) is 10.2 Å². The monoisotopic (exact) mass is 341 g/mol. The number of anilines is 2. The molecule has 1 aliphatic rings. The lowest BCUT2D eigenvalue weighted by molar-refractivity contribution is -0.120. The van der Waals surface area contributed by atoms with Gasteiger partial charge in [0.25, 0.3) is 0 Å². The van der Waals surface area contributed by atoms with Crippen molar-refractivity contribution in [1.29, 1.82) is 0 Å². The number of halogens is 1. The van der Waals surface area contributed by atoms with Crippen molar-refractivity contribution in [3.8, 4) is 0 Å². The van der Waals surface area contributed by atoms with Gasteiger partial charge in [-0.15, -0.1) is 0 Å². The molecule has 4 nitrogen and oxygen atoms in total. The fourth-order valence-corrected chi connectivity index (χ4v) is 3.80. The van der Waals surface area contributed by atoms with Crippen molar-refractivity contribution in [1.82, 2.24) is 4.98 Å². The van der Waals surface area contributed by atoms with Crippen molar-refractivity contribution in [3.05, 3.63) is 53.8 Å². The Bertz CT molecular complexity index is 918. The first-order chi connectivity index (χ1) is 11.6. The van der Waals surface area contributed by atoms with Crippen LogP contribution >= 0.6 is 11.3 Å². The molecular weight excluding hydrogens is 325 g/mol. The van der Waals surface area contributed by atoms with E-state index >= 15 is 0 Å². The van der Waals surface area contributed by atoms with Gasteiger partial charge in [0.05, 0.1) is 16.1 Å². The van der Waals surface area contributed by atoms with E-state index in [0.29, 0.717) is 13.1 Å². The maximum atomic E-state index is 13.3. The molecule has 122 valence electrons. The Morgan fingerprint density at radius 1 is 1.29 bits per heavy atom. The van der Waals surface area contributed by atoms with E-state index in [2.05, 4.69) is 15.2 Å². The summed E-state index contributed by atoms with van der Waals surface area (Å²) in [6.07, 6.45) is 0. The van der Waals surface area contributed by atoms with Gasteiger partial charge in [0.1, 0.15) is 5.82 Å². The molecule has 2 aromatic carbocycles. The minimum absolute atomic E-state index is 0.0315. The number of benzene rings is 2. The fraction of sp³-hybridized carbons (Fsp3) is 0.222. The SMILES string of the molecule is Cc1cccc(NC(=O)C2CN(c3nc4ccc(F)cc4s3)C2)c1. The summed E-state index contributed by atoms with van der Waals surface area (Å²) in [5.41, 5.74) is 2.74. The third-order valence-corrected chi connectivity index (χ3v) is 5.23. The zero-order valence-electron chi connectivity index (χ0n) is 13.1. The molecule has 2 heterocycles. The quantitative estimate of drug-likeness (QED) is 0.788. The van der Waals surface area contributed by atoms with E-state index in [9.17, 15) is 9.18 Å². The molecule has 6 heteroatoms. The molecule has 0 bridgehead atoms. The van der Waals surface area contributed by atoms with Gasteiger partial charge in [-0.05, 0) is 42.8 Å². The van der Waals surface area contributed by atoms with Crippen molar-refractivity contribution in [2.45, 2.75) is 6.92 Å². The summed E-state index contributed by atoms with van der Waals surface area (Å²) in [6.45, 7) is 3.27. The zero-order valence-corrected chi connectivity index (χ0v) is 13.9. The zero-order chi connectivity index (χ0) is 16.7. The molecule has 1 saturated heterocycles. The van der Waals surface area contributed by atoms with Gasteiger partial charge in [0.15, 0.2) is 5.13 Å². The molecule has 0 radical (unpaired) electrons. The van der Waals surface area contributed by atoms with Crippen LogP contribution < -0.4 is 10.2 Å². The standard InChI is InChI=1S/C18H16FN3OS/c1-11-3-2-4-14(7-11)20-17(23)12-9-22(10-12)18-21-15-6-5-13(19)8-16(15)24-18/h2-8,12H,9-10H2,1H3,(H,20,23). The average Bonchev–Trinajstić information content (AvgIpc) is 2.88. The van der Waals surface area contributed by atoms with E-state index in [1.165, 1.54) is 23.5 Å². The highest BCUT2D eigenvalue weighted by Gasteiger charge is 2.34. The van der Waals surface area contributed by atoms with E-state index < -0.39 is 0 Å². The van der Waals surface area contributed by atoms with Crippen molar-refractivity contribution in [3.63, 3.8) is 0 Å². The number of carbonyl (C=O) groups excluding carboxylic acids is 1. The highest BCUT2D eigenvalue weighted by atomic mass is 32.1. The van der Waals surface area contributed by atoms with E-state index in [1.807, 2.05) is 31.2 Å². The molecule has 0 saturated carbocycles. The highest BCUT2D eigenvalue weighted by Crippen LogP contribution is 2.33. The van der Waals surface area contributed by atoms with E-state index in [1.54, 1.807) is 6.07 Å². The predicted octanol–water partition coefficient (Wildman–Crippen LogP) is 3.82. The van der Waals surface area contributed by atoms with Gasteiger partial charge in [-0.2, -0.15) is 0 Å². The van der Waals surface area contributed by atoms with E-state index in [0.717, 1.165) is 26.6 Å². The summed E-state index contributed by atoms with van der Waals surface area (Å²) in [7, 11) is 0. The number of nitrogens with one attached hydrogen (secondary N) is 1. The summed E-state index contributed by atoms with van der Waals surface area (Å²) < 4.78 is 14.1. The Kier molecular flexibility index (Phi) is 3.69. The maximum absolute atomic E-state index is 13.3. The molecule has 0 atom stereocenters. The summed E-state index contributed by atoms with van der Waals surface area (Å²) >= 11 is 1.46. The van der Waals surface area contributed by atoms with Gasteiger partial charge < -0.3 is 10.2 Å². The number of rotatable bonds is 3. The van der Waals surface area contributed by atoms with Gasteiger partial charge in [0.2, 0.25) is 5.91 Å². The van der Waals surface area contributed by atoms with Gasteiger partial charge in [-0.25, -0.2) is 9.37 Å². The number of hydrogen-bond donors (Lipinski definition) is 1. The molecule has 0 unspecified atom stereocenters.